The normalized spacial score (nSPS) is 18.8. The first kappa shape index (κ1) is 41.8. The van der Waals surface area contributed by atoms with Gasteiger partial charge in [-0.1, -0.05) is 0 Å². The van der Waals surface area contributed by atoms with Crippen LogP contribution >= 0.6 is 0 Å². The molecule has 1 N–H and O–H groups in total. The summed E-state index contributed by atoms with van der Waals surface area (Å²) in [4.78, 5) is 65.2. The third kappa shape index (κ3) is 7.18. The molecular formula is C47H52F2N10O5. The number of nitrogens with one attached hydrogen (secondary N) is 1. The molecule has 64 heavy (non-hydrogen) atoms. The fraction of sp³-hybridized carbons (Fsp3) is 0.447. The van der Waals surface area contributed by atoms with Gasteiger partial charge in [0.1, 0.15) is 18.1 Å². The Bertz CT molecular complexity index is 2650. The minimum absolute atomic E-state index is 0.0182. The molecule has 0 aliphatic carbocycles. The number of alkyl halides is 2. The molecule has 0 bridgehead atoms. The fourth-order valence-electron chi connectivity index (χ4n) is 10.5. The average Bonchev–Trinajstić information content (AvgIpc) is 4.00. The number of aromatic nitrogens is 4. The van der Waals surface area contributed by atoms with Gasteiger partial charge >= 0.3 is 0 Å². The fourth-order valence-corrected chi connectivity index (χ4v) is 10.5. The SMILES string of the molecule is CNC(=O)C(CCC=O)N1C(=O)c2ccc(N3CCN(c4cncc5c(-c6cc7c(cc6C(F)F)N(c6nn(C8CCOCC8)c8c6CN(C)CC8)CCC7)ccn45)CC3)cc2C1=O. The number of halogens is 2. The first-order chi connectivity index (χ1) is 31.1. The van der Waals surface area contributed by atoms with Crippen molar-refractivity contribution in [1.29, 1.82) is 0 Å². The Labute approximate surface area is 369 Å². The van der Waals surface area contributed by atoms with Gasteiger partial charge in [0.15, 0.2) is 5.82 Å². The highest BCUT2D eigenvalue weighted by molar-refractivity contribution is 6.23. The third-order valence-corrected chi connectivity index (χ3v) is 13.8. The Morgan fingerprint density at radius 1 is 0.922 bits per heavy atom. The highest BCUT2D eigenvalue weighted by Gasteiger charge is 2.43. The maximum absolute atomic E-state index is 15.3. The van der Waals surface area contributed by atoms with Crippen molar-refractivity contribution in [2.75, 3.05) is 81.3 Å². The summed E-state index contributed by atoms with van der Waals surface area (Å²) < 4.78 is 40.6. The van der Waals surface area contributed by atoms with E-state index >= 15 is 8.78 Å². The molecule has 2 fully saturated rings. The van der Waals surface area contributed by atoms with Gasteiger partial charge in [-0.2, -0.15) is 5.10 Å². The van der Waals surface area contributed by atoms with Gasteiger partial charge in [0.25, 0.3) is 18.2 Å². The Kier molecular flexibility index (Phi) is 11.1. The molecule has 334 valence electrons. The van der Waals surface area contributed by atoms with Crippen molar-refractivity contribution in [3.05, 3.63) is 88.5 Å². The van der Waals surface area contributed by atoms with Crippen LogP contribution in [-0.2, 0) is 33.7 Å². The number of imide groups is 1. The molecule has 1 unspecified atom stereocenters. The molecule has 1 atom stereocenters. The molecular weight excluding hydrogens is 823 g/mol. The molecule has 2 aromatic carbocycles. The number of piperazine rings is 1. The number of benzene rings is 2. The molecule has 2 saturated heterocycles. The van der Waals surface area contributed by atoms with Crippen molar-refractivity contribution >= 4 is 52.5 Å². The van der Waals surface area contributed by atoms with Crippen molar-refractivity contribution in [2.24, 2.45) is 0 Å². The molecule has 5 aliphatic rings. The maximum Gasteiger partial charge on any atom is 0.264 e. The minimum Gasteiger partial charge on any atom is -0.381 e. The second-order valence-electron chi connectivity index (χ2n) is 17.5. The van der Waals surface area contributed by atoms with Gasteiger partial charge < -0.3 is 38.8 Å². The minimum atomic E-state index is -2.71. The van der Waals surface area contributed by atoms with Crippen LogP contribution in [0.2, 0.25) is 0 Å². The van der Waals surface area contributed by atoms with Gasteiger partial charge in [-0.3, -0.25) is 28.9 Å². The summed E-state index contributed by atoms with van der Waals surface area (Å²) in [5.41, 5.74) is 7.42. The van der Waals surface area contributed by atoms with Crippen molar-refractivity contribution in [3.8, 4) is 11.1 Å². The van der Waals surface area contributed by atoms with E-state index in [1.54, 1.807) is 30.6 Å². The second kappa shape index (κ2) is 17.1. The zero-order valence-electron chi connectivity index (χ0n) is 36.1. The molecule has 0 saturated carbocycles. The van der Waals surface area contributed by atoms with E-state index in [1.165, 1.54) is 18.3 Å². The lowest BCUT2D eigenvalue weighted by Crippen LogP contribution is -2.48. The van der Waals surface area contributed by atoms with Crippen LogP contribution in [0.1, 0.15) is 87.7 Å². The summed E-state index contributed by atoms with van der Waals surface area (Å²) in [7, 11) is 3.55. The number of rotatable bonds is 11. The number of fused-ring (bicyclic) bond motifs is 4. The van der Waals surface area contributed by atoms with Gasteiger partial charge in [0, 0.05) is 119 Å². The average molecular weight is 875 g/mol. The molecule has 8 heterocycles. The van der Waals surface area contributed by atoms with E-state index in [4.69, 9.17) is 9.84 Å². The van der Waals surface area contributed by atoms with E-state index in [0.29, 0.717) is 63.4 Å². The topological polar surface area (TPSA) is 141 Å². The van der Waals surface area contributed by atoms with Gasteiger partial charge in [-0.15, -0.1) is 0 Å². The summed E-state index contributed by atoms with van der Waals surface area (Å²) in [6.07, 6.45) is 7.86. The number of aryl methyl sites for hydroxylation is 1. The summed E-state index contributed by atoms with van der Waals surface area (Å²) in [6, 6.07) is 9.91. The van der Waals surface area contributed by atoms with Crippen LogP contribution in [0.25, 0.3) is 16.6 Å². The highest BCUT2D eigenvalue weighted by atomic mass is 19.3. The number of hydrogen-bond donors (Lipinski definition) is 1. The number of amides is 3. The molecule has 0 radical (unpaired) electrons. The van der Waals surface area contributed by atoms with E-state index in [0.717, 1.165) is 84.2 Å². The predicted molar refractivity (Wildman–Crippen MR) is 237 cm³/mol. The van der Waals surface area contributed by atoms with Crippen molar-refractivity contribution in [1.82, 2.24) is 34.3 Å². The largest absolute Gasteiger partial charge is 0.381 e. The van der Waals surface area contributed by atoms with E-state index in [2.05, 4.69) is 41.6 Å². The van der Waals surface area contributed by atoms with Crippen LogP contribution in [0.5, 0.6) is 0 Å². The van der Waals surface area contributed by atoms with Crippen molar-refractivity contribution in [2.45, 2.75) is 70.0 Å². The van der Waals surface area contributed by atoms with Crippen LogP contribution < -0.4 is 20.0 Å². The van der Waals surface area contributed by atoms with Crippen LogP contribution in [0, 0.1) is 0 Å². The number of nitrogens with zero attached hydrogens (tertiary/aromatic N) is 9. The Balaban J connectivity index is 0.905. The van der Waals surface area contributed by atoms with Gasteiger partial charge in [-0.25, -0.2) is 8.78 Å². The number of carbonyl (C=O) groups excluding carboxylic acids is 4. The summed E-state index contributed by atoms with van der Waals surface area (Å²) >= 11 is 0. The Morgan fingerprint density at radius 2 is 1.70 bits per heavy atom. The Morgan fingerprint density at radius 3 is 2.47 bits per heavy atom. The lowest BCUT2D eigenvalue weighted by atomic mass is 9.92. The first-order valence-corrected chi connectivity index (χ1v) is 22.4. The van der Waals surface area contributed by atoms with Gasteiger partial charge in [0.05, 0.1) is 35.1 Å². The molecule has 15 nitrogen and oxygen atoms in total. The van der Waals surface area contributed by atoms with Crippen LogP contribution in [0.3, 0.4) is 0 Å². The number of ether oxygens (including phenoxy) is 1. The number of aldehydes is 1. The first-order valence-electron chi connectivity index (χ1n) is 22.4. The third-order valence-electron chi connectivity index (χ3n) is 13.8. The second-order valence-corrected chi connectivity index (χ2v) is 17.5. The highest BCUT2D eigenvalue weighted by Crippen LogP contribution is 2.45. The van der Waals surface area contributed by atoms with E-state index < -0.39 is 30.2 Å². The zero-order valence-corrected chi connectivity index (χ0v) is 36.1. The summed E-state index contributed by atoms with van der Waals surface area (Å²) in [6.45, 7) is 6.26. The van der Waals surface area contributed by atoms with Crippen molar-refractivity contribution in [3.63, 3.8) is 0 Å². The van der Waals surface area contributed by atoms with E-state index in [1.807, 2.05) is 28.8 Å². The monoisotopic (exact) mass is 874 g/mol. The lowest BCUT2D eigenvalue weighted by Gasteiger charge is -2.37. The molecule has 5 aliphatic heterocycles. The predicted octanol–water partition coefficient (Wildman–Crippen LogP) is 5.58. The van der Waals surface area contributed by atoms with Crippen LogP contribution in [0.15, 0.2) is 55.0 Å². The molecule has 0 spiro atoms. The number of hydrogen-bond acceptors (Lipinski definition) is 11. The quantitative estimate of drug-likeness (QED) is 0.132. The maximum atomic E-state index is 15.3. The van der Waals surface area contributed by atoms with Crippen molar-refractivity contribution < 1.29 is 32.7 Å². The number of carbonyl (C=O) groups is 4. The smallest absolute Gasteiger partial charge is 0.264 e. The lowest BCUT2D eigenvalue weighted by molar-refractivity contribution is -0.124. The van der Waals surface area contributed by atoms with E-state index in [9.17, 15) is 19.2 Å². The Hall–Kier alpha value is -6.20. The van der Waals surface area contributed by atoms with E-state index in [-0.39, 0.29) is 35.6 Å². The molecule has 3 amide bonds. The standard InChI is InChI=1S/C47H52F2N10O5/c1-50-45(61)39(6-4-20-60)58-46(62)33-8-7-31(24-36(33)47(58)63)54-16-18-55(19-17-54)42-27-51-26-41-32(9-15-56(41)42)34-23-29-5-3-13-57(40(29)25-35(34)43(48)49)44-37-28-53(2)14-10-38(37)59(52-44)30-11-21-64-22-12-30/h7-9,15,20,23-27,30,39,43H,3-6,10-14,16-19,21-22,28H2,1-2H3,(H,50,61). The summed E-state index contributed by atoms with van der Waals surface area (Å²) in [5, 5.41) is 7.79. The molecule has 17 heteroatoms. The van der Waals surface area contributed by atoms with Crippen LogP contribution in [-0.4, -0.2) is 126 Å². The molecule has 5 aromatic rings. The molecule has 3 aromatic heterocycles. The van der Waals surface area contributed by atoms with Gasteiger partial charge in [-0.05, 0) is 86.7 Å². The number of anilines is 4. The molecule has 10 rings (SSSR count). The number of likely N-dealkylation sites (N-methyl/N-ethyl adjacent to an activating group) is 2. The van der Waals surface area contributed by atoms with Gasteiger partial charge in [0.2, 0.25) is 5.91 Å². The zero-order chi connectivity index (χ0) is 44.2. The van der Waals surface area contributed by atoms with Crippen LogP contribution in [0.4, 0.5) is 31.8 Å². The summed E-state index contributed by atoms with van der Waals surface area (Å²) in [5.74, 6) is 0.0998.